The van der Waals surface area contributed by atoms with Gasteiger partial charge < -0.3 is 14.8 Å². The van der Waals surface area contributed by atoms with E-state index in [1.165, 1.54) is 44.0 Å². The Morgan fingerprint density at radius 2 is 1.84 bits per heavy atom. The van der Waals surface area contributed by atoms with Gasteiger partial charge >= 0.3 is 5.97 Å². The first kappa shape index (κ1) is 22.1. The molecule has 8 nitrogen and oxygen atoms in total. The second-order valence-electron chi connectivity index (χ2n) is 6.56. The van der Waals surface area contributed by atoms with E-state index in [0.29, 0.717) is 0 Å². The smallest absolute Gasteiger partial charge is 0.317 e. The van der Waals surface area contributed by atoms with Crippen LogP contribution in [0, 0.1) is 10.1 Å². The van der Waals surface area contributed by atoms with Gasteiger partial charge in [0.25, 0.3) is 11.6 Å². The molecular formula is C22H20N2O6S. The second-order valence-corrected chi connectivity index (χ2v) is 7.61. The van der Waals surface area contributed by atoms with Crippen LogP contribution < -0.4 is 10.1 Å². The van der Waals surface area contributed by atoms with Gasteiger partial charge in [-0.05, 0) is 35.9 Å². The fourth-order valence-corrected chi connectivity index (χ4v) is 3.55. The number of hydrogen-bond acceptors (Lipinski definition) is 7. The number of methoxy groups -OCH3 is 1. The monoisotopic (exact) mass is 440 g/mol. The molecule has 0 aliphatic rings. The molecule has 3 aromatic carbocycles. The van der Waals surface area contributed by atoms with Crippen molar-refractivity contribution in [3.05, 3.63) is 70.8 Å². The third-order valence-corrected chi connectivity index (χ3v) is 5.37. The number of fused-ring (bicyclic) bond motifs is 1. The zero-order valence-electron chi connectivity index (χ0n) is 16.9. The van der Waals surface area contributed by atoms with Gasteiger partial charge in [-0.15, -0.1) is 11.8 Å². The van der Waals surface area contributed by atoms with E-state index >= 15 is 0 Å². The number of carbonyl (C=O) groups is 2. The van der Waals surface area contributed by atoms with Gasteiger partial charge in [-0.25, -0.2) is 0 Å². The fourth-order valence-electron chi connectivity index (χ4n) is 2.83. The van der Waals surface area contributed by atoms with Gasteiger partial charge in [0, 0.05) is 17.0 Å². The normalized spacial score (nSPS) is 11.5. The molecule has 0 heterocycles. The lowest BCUT2D eigenvalue weighted by atomic mass is 10.1. The zero-order chi connectivity index (χ0) is 22.4. The second kappa shape index (κ2) is 9.94. The average Bonchev–Trinajstić information content (AvgIpc) is 2.77. The number of ether oxygens (including phenoxy) is 2. The lowest BCUT2D eigenvalue weighted by Crippen LogP contribution is -2.30. The van der Waals surface area contributed by atoms with Crippen molar-refractivity contribution in [2.45, 2.75) is 17.9 Å². The summed E-state index contributed by atoms with van der Waals surface area (Å²) in [5.41, 5.74) is -0.0809. The molecule has 160 valence electrons. The number of thioether (sulfide) groups is 1. The molecule has 0 radical (unpaired) electrons. The molecule has 0 unspecified atom stereocenters. The van der Waals surface area contributed by atoms with Crippen LogP contribution in [0.4, 0.5) is 11.4 Å². The highest BCUT2D eigenvalue weighted by Crippen LogP contribution is 2.29. The summed E-state index contributed by atoms with van der Waals surface area (Å²) in [6, 6.07) is 17.6. The highest BCUT2D eigenvalue weighted by atomic mass is 32.2. The Labute approximate surface area is 182 Å². The number of esters is 1. The average molecular weight is 440 g/mol. The van der Waals surface area contributed by atoms with Crippen LogP contribution in [0.3, 0.4) is 0 Å². The Morgan fingerprint density at radius 1 is 1.10 bits per heavy atom. The molecule has 0 fully saturated rings. The predicted molar refractivity (Wildman–Crippen MR) is 119 cm³/mol. The summed E-state index contributed by atoms with van der Waals surface area (Å²) in [4.78, 5) is 35.9. The Morgan fingerprint density at radius 3 is 2.55 bits per heavy atom. The fraction of sp³-hybridized carbons (Fsp3) is 0.182. The first-order valence-corrected chi connectivity index (χ1v) is 10.3. The Bertz CT molecular complexity index is 1130. The van der Waals surface area contributed by atoms with E-state index in [2.05, 4.69) is 5.32 Å². The van der Waals surface area contributed by atoms with Crippen molar-refractivity contribution in [1.29, 1.82) is 0 Å². The van der Waals surface area contributed by atoms with E-state index in [1.807, 2.05) is 42.5 Å². The van der Waals surface area contributed by atoms with E-state index in [9.17, 15) is 19.7 Å². The van der Waals surface area contributed by atoms with Crippen LogP contribution in [0.1, 0.15) is 6.92 Å². The lowest BCUT2D eigenvalue weighted by Gasteiger charge is -2.15. The molecule has 9 heteroatoms. The van der Waals surface area contributed by atoms with Gasteiger partial charge in [0.15, 0.2) is 6.10 Å². The molecule has 1 atom stereocenters. The Hall–Kier alpha value is -3.59. The maximum atomic E-state index is 12.4. The molecule has 1 amide bonds. The summed E-state index contributed by atoms with van der Waals surface area (Å²) in [6.07, 6.45) is -1.09. The number of carbonyl (C=O) groups excluding carboxylic acids is 2. The van der Waals surface area contributed by atoms with E-state index < -0.39 is 22.9 Å². The number of nitrogens with zero attached hydrogens (tertiary/aromatic N) is 1. The number of amides is 1. The number of benzene rings is 3. The molecule has 1 N–H and O–H groups in total. The maximum absolute atomic E-state index is 12.4. The van der Waals surface area contributed by atoms with Crippen molar-refractivity contribution in [2.24, 2.45) is 0 Å². The highest BCUT2D eigenvalue weighted by molar-refractivity contribution is 8.00. The molecule has 0 spiro atoms. The van der Waals surface area contributed by atoms with Gasteiger partial charge in [0.2, 0.25) is 0 Å². The number of nitro groups is 1. The van der Waals surface area contributed by atoms with Crippen molar-refractivity contribution in [3.8, 4) is 5.75 Å². The minimum absolute atomic E-state index is 0.0378. The van der Waals surface area contributed by atoms with Crippen molar-refractivity contribution >= 4 is 45.8 Å². The molecular weight excluding hydrogens is 420 g/mol. The van der Waals surface area contributed by atoms with Gasteiger partial charge in [-0.1, -0.05) is 30.3 Å². The summed E-state index contributed by atoms with van der Waals surface area (Å²) in [7, 11) is 1.38. The van der Waals surface area contributed by atoms with Crippen LogP contribution in [0.5, 0.6) is 5.75 Å². The summed E-state index contributed by atoms with van der Waals surface area (Å²) in [5, 5.41) is 15.6. The largest absolute Gasteiger partial charge is 0.495 e. The molecule has 0 aliphatic heterocycles. The van der Waals surface area contributed by atoms with E-state index in [0.717, 1.165) is 15.7 Å². The number of nitro benzene ring substituents is 1. The number of nitrogens with one attached hydrogen (secondary N) is 1. The molecule has 0 bridgehead atoms. The van der Waals surface area contributed by atoms with Crippen LogP contribution in [0.25, 0.3) is 10.8 Å². The quantitative estimate of drug-likeness (QED) is 0.239. The summed E-state index contributed by atoms with van der Waals surface area (Å²) in [5.74, 6) is -0.880. The van der Waals surface area contributed by atoms with Crippen LogP contribution in [-0.2, 0) is 14.3 Å². The predicted octanol–water partition coefficient (Wildman–Crippen LogP) is 4.42. The van der Waals surface area contributed by atoms with Crippen LogP contribution >= 0.6 is 11.8 Å². The molecule has 3 aromatic rings. The van der Waals surface area contributed by atoms with E-state index in [1.54, 1.807) is 0 Å². The molecule has 31 heavy (non-hydrogen) atoms. The zero-order valence-corrected chi connectivity index (χ0v) is 17.7. The van der Waals surface area contributed by atoms with E-state index in [4.69, 9.17) is 9.47 Å². The first-order valence-electron chi connectivity index (χ1n) is 9.31. The minimum atomic E-state index is -1.09. The topological polar surface area (TPSA) is 108 Å². The number of rotatable bonds is 8. The number of non-ortho nitro benzene ring substituents is 1. The first-order chi connectivity index (χ1) is 14.9. The molecule has 0 aliphatic carbocycles. The maximum Gasteiger partial charge on any atom is 0.317 e. The molecule has 3 rings (SSSR count). The van der Waals surface area contributed by atoms with Crippen LogP contribution in [-0.4, -0.2) is 35.8 Å². The van der Waals surface area contributed by atoms with E-state index in [-0.39, 0.29) is 22.9 Å². The summed E-state index contributed by atoms with van der Waals surface area (Å²) in [6.45, 7) is 1.43. The molecule has 0 saturated carbocycles. The van der Waals surface area contributed by atoms with Gasteiger partial charge in [0.05, 0.1) is 23.5 Å². The van der Waals surface area contributed by atoms with Crippen LogP contribution in [0.15, 0.2) is 65.6 Å². The molecule has 0 aromatic heterocycles. The van der Waals surface area contributed by atoms with Gasteiger partial charge in [-0.3, -0.25) is 19.7 Å². The lowest BCUT2D eigenvalue weighted by molar-refractivity contribution is -0.384. The van der Waals surface area contributed by atoms with Gasteiger partial charge in [0.1, 0.15) is 5.75 Å². The van der Waals surface area contributed by atoms with Gasteiger partial charge in [-0.2, -0.15) is 0 Å². The standard InChI is InChI=1S/C22H20N2O6S/c1-14(22(26)23-19-12-17(24(27)28)8-10-20(19)29-2)30-21(25)13-31-18-9-7-15-5-3-4-6-16(15)11-18/h3-12,14H,13H2,1-2H3,(H,23,26)/t14-/m0/s1. The highest BCUT2D eigenvalue weighted by Gasteiger charge is 2.21. The number of anilines is 1. The summed E-state index contributed by atoms with van der Waals surface area (Å²) < 4.78 is 10.3. The van der Waals surface area contributed by atoms with Crippen LogP contribution in [0.2, 0.25) is 0 Å². The van der Waals surface area contributed by atoms with Crippen molar-refractivity contribution in [1.82, 2.24) is 0 Å². The Balaban J connectivity index is 1.57. The van der Waals surface area contributed by atoms with Crippen molar-refractivity contribution in [3.63, 3.8) is 0 Å². The summed E-state index contributed by atoms with van der Waals surface area (Å²) >= 11 is 1.31. The third-order valence-electron chi connectivity index (χ3n) is 4.41. The molecule has 0 saturated heterocycles. The minimum Gasteiger partial charge on any atom is -0.495 e. The van der Waals surface area contributed by atoms with Crippen molar-refractivity contribution < 1.29 is 24.0 Å². The Kier molecular flexibility index (Phi) is 7.09. The third kappa shape index (κ3) is 5.73. The van der Waals surface area contributed by atoms with Crippen molar-refractivity contribution in [2.75, 3.05) is 18.2 Å². The number of hydrogen-bond donors (Lipinski definition) is 1. The SMILES string of the molecule is COc1ccc([N+](=O)[O-])cc1NC(=O)[C@H](C)OC(=O)CSc1ccc2ccccc2c1.